The van der Waals surface area contributed by atoms with Gasteiger partial charge in [0.1, 0.15) is 5.54 Å². The van der Waals surface area contributed by atoms with Gasteiger partial charge in [-0.25, -0.2) is 0 Å². The zero-order valence-electron chi connectivity index (χ0n) is 10.6. The van der Waals surface area contributed by atoms with Gasteiger partial charge in [-0.15, -0.1) is 11.3 Å². The Morgan fingerprint density at radius 1 is 1.72 bits per heavy atom. The normalized spacial score (nSPS) is 28.2. The summed E-state index contributed by atoms with van der Waals surface area (Å²) in [5.74, 6) is -0.573. The molecule has 18 heavy (non-hydrogen) atoms. The van der Waals surface area contributed by atoms with Crippen LogP contribution in [0.15, 0.2) is 17.5 Å². The molecule has 0 bridgehead atoms. The molecule has 2 heterocycles. The summed E-state index contributed by atoms with van der Waals surface area (Å²) >= 11 is 1.66. The van der Waals surface area contributed by atoms with Crippen molar-refractivity contribution in [1.29, 1.82) is 0 Å². The summed E-state index contributed by atoms with van der Waals surface area (Å²) in [5, 5.41) is 18.2. The van der Waals surface area contributed by atoms with Crippen molar-refractivity contribution in [3.8, 4) is 0 Å². The lowest BCUT2D eigenvalue weighted by Gasteiger charge is -2.41. The molecule has 5 heteroatoms. The summed E-state index contributed by atoms with van der Waals surface area (Å²) in [5.41, 5.74) is -0.774. The average Bonchev–Trinajstić information content (AvgIpc) is 2.89. The Hall–Kier alpha value is -0.910. The van der Waals surface area contributed by atoms with Crippen LogP contribution in [0.1, 0.15) is 24.6 Å². The summed E-state index contributed by atoms with van der Waals surface area (Å²) in [4.78, 5) is 12.9. The second-order valence-corrected chi connectivity index (χ2v) is 5.80. The van der Waals surface area contributed by atoms with Gasteiger partial charge in [-0.1, -0.05) is 13.0 Å². The lowest BCUT2D eigenvalue weighted by atomic mass is 9.77. The molecular weight excluding hydrogens is 248 g/mol. The molecule has 2 atom stereocenters. The van der Waals surface area contributed by atoms with E-state index in [0.717, 1.165) is 19.5 Å². The highest BCUT2D eigenvalue weighted by molar-refractivity contribution is 7.09. The maximum absolute atomic E-state index is 11.7. The summed E-state index contributed by atoms with van der Waals surface area (Å²) < 4.78 is 0. The second-order valence-electron chi connectivity index (χ2n) is 4.77. The van der Waals surface area contributed by atoms with Crippen LogP contribution in [0.5, 0.6) is 0 Å². The fraction of sp³-hybridized carbons (Fsp3) is 0.615. The van der Waals surface area contributed by atoms with E-state index in [2.05, 4.69) is 17.6 Å². The van der Waals surface area contributed by atoms with Gasteiger partial charge in [-0.05, 0) is 30.8 Å². The summed E-state index contributed by atoms with van der Waals surface area (Å²) in [6.45, 7) is 4.24. The lowest BCUT2D eigenvalue weighted by Crippen LogP contribution is -2.63. The monoisotopic (exact) mass is 268 g/mol. The second kappa shape index (κ2) is 5.82. The Morgan fingerprint density at radius 2 is 2.56 bits per heavy atom. The van der Waals surface area contributed by atoms with Crippen LogP contribution in [-0.4, -0.2) is 29.7 Å². The van der Waals surface area contributed by atoms with Gasteiger partial charge in [0.2, 0.25) is 0 Å². The quantitative estimate of drug-likeness (QED) is 0.760. The number of carboxylic acids is 1. The van der Waals surface area contributed by atoms with Gasteiger partial charge in [0.05, 0.1) is 0 Å². The molecule has 0 saturated carbocycles. The van der Waals surface area contributed by atoms with Crippen LogP contribution >= 0.6 is 11.3 Å². The minimum absolute atomic E-state index is 0.142. The number of nitrogens with one attached hydrogen (secondary N) is 2. The van der Waals surface area contributed by atoms with Crippen LogP contribution in [0, 0.1) is 5.92 Å². The Bertz CT molecular complexity index is 394. The van der Waals surface area contributed by atoms with Crippen LogP contribution in [0.2, 0.25) is 0 Å². The molecule has 1 aliphatic rings. The zero-order chi connectivity index (χ0) is 13.0. The van der Waals surface area contributed by atoms with Crippen LogP contribution in [0.25, 0.3) is 0 Å². The third kappa shape index (κ3) is 2.58. The Morgan fingerprint density at radius 3 is 3.17 bits per heavy atom. The predicted molar refractivity (Wildman–Crippen MR) is 72.8 cm³/mol. The van der Waals surface area contributed by atoms with E-state index in [4.69, 9.17) is 0 Å². The molecule has 2 rings (SSSR count). The van der Waals surface area contributed by atoms with Crippen molar-refractivity contribution in [1.82, 2.24) is 10.6 Å². The van der Waals surface area contributed by atoms with E-state index in [9.17, 15) is 9.90 Å². The van der Waals surface area contributed by atoms with Crippen molar-refractivity contribution in [2.75, 3.05) is 13.1 Å². The standard InChI is InChI=1S/C13H20N2O2S/c1-2-10-8-14-6-5-13(10,12(16)17)15-9-11-4-3-7-18-11/h3-4,7,10,14-15H,2,5-6,8-9H2,1H3,(H,16,17). The first-order valence-corrected chi connectivity index (χ1v) is 7.28. The van der Waals surface area contributed by atoms with Crippen molar-refractivity contribution in [3.05, 3.63) is 22.4 Å². The maximum atomic E-state index is 11.7. The fourth-order valence-corrected chi connectivity index (χ4v) is 3.33. The van der Waals surface area contributed by atoms with Gasteiger partial charge in [-0.3, -0.25) is 10.1 Å². The number of hydrogen-bond donors (Lipinski definition) is 3. The van der Waals surface area contributed by atoms with Gasteiger partial charge < -0.3 is 10.4 Å². The average molecular weight is 268 g/mol. The zero-order valence-corrected chi connectivity index (χ0v) is 11.4. The molecule has 3 N–H and O–H groups in total. The number of carboxylic acid groups (broad SMARTS) is 1. The first kappa shape index (κ1) is 13.5. The largest absolute Gasteiger partial charge is 0.480 e. The van der Waals surface area contributed by atoms with E-state index in [1.807, 2.05) is 17.5 Å². The molecule has 1 aliphatic heterocycles. The maximum Gasteiger partial charge on any atom is 0.324 e. The van der Waals surface area contributed by atoms with Crippen molar-refractivity contribution in [2.45, 2.75) is 31.8 Å². The SMILES string of the molecule is CCC1CNCCC1(NCc1cccs1)C(=O)O. The third-order valence-electron chi connectivity index (χ3n) is 3.82. The number of aliphatic carboxylic acids is 1. The summed E-state index contributed by atoms with van der Waals surface area (Å²) in [7, 11) is 0. The molecule has 1 fully saturated rings. The first-order valence-electron chi connectivity index (χ1n) is 6.40. The Balaban J connectivity index is 2.12. The highest BCUT2D eigenvalue weighted by atomic mass is 32.1. The molecular formula is C13H20N2O2S. The van der Waals surface area contributed by atoms with E-state index in [1.165, 1.54) is 4.88 Å². The molecule has 100 valence electrons. The van der Waals surface area contributed by atoms with Gasteiger partial charge in [0.15, 0.2) is 0 Å². The number of rotatable bonds is 5. The molecule has 0 amide bonds. The molecule has 1 saturated heterocycles. The van der Waals surface area contributed by atoms with Gasteiger partial charge in [0, 0.05) is 23.9 Å². The van der Waals surface area contributed by atoms with Gasteiger partial charge in [-0.2, -0.15) is 0 Å². The van der Waals surface area contributed by atoms with Crippen LogP contribution in [-0.2, 0) is 11.3 Å². The Labute approximate surface area is 111 Å². The van der Waals surface area contributed by atoms with Crippen molar-refractivity contribution in [3.63, 3.8) is 0 Å². The molecule has 4 nitrogen and oxygen atoms in total. The van der Waals surface area contributed by atoms with Gasteiger partial charge in [0.25, 0.3) is 0 Å². The molecule has 0 aromatic carbocycles. The number of piperidine rings is 1. The summed E-state index contributed by atoms with van der Waals surface area (Å²) in [6, 6.07) is 4.03. The highest BCUT2D eigenvalue weighted by Crippen LogP contribution is 2.28. The molecule has 0 spiro atoms. The fourth-order valence-electron chi connectivity index (χ4n) is 2.68. The van der Waals surface area contributed by atoms with E-state index in [1.54, 1.807) is 11.3 Å². The topological polar surface area (TPSA) is 61.4 Å². The van der Waals surface area contributed by atoms with Crippen LogP contribution in [0.3, 0.4) is 0 Å². The van der Waals surface area contributed by atoms with Crippen LogP contribution in [0.4, 0.5) is 0 Å². The third-order valence-corrected chi connectivity index (χ3v) is 4.69. The molecule has 1 aromatic rings. The van der Waals surface area contributed by atoms with E-state index in [0.29, 0.717) is 13.0 Å². The minimum atomic E-state index is -0.774. The van der Waals surface area contributed by atoms with E-state index < -0.39 is 11.5 Å². The minimum Gasteiger partial charge on any atom is -0.480 e. The number of carbonyl (C=O) groups is 1. The highest BCUT2D eigenvalue weighted by Gasteiger charge is 2.46. The number of thiophene rings is 1. The van der Waals surface area contributed by atoms with Crippen molar-refractivity contribution in [2.24, 2.45) is 5.92 Å². The van der Waals surface area contributed by atoms with Gasteiger partial charge >= 0.3 is 5.97 Å². The molecule has 2 unspecified atom stereocenters. The van der Waals surface area contributed by atoms with Crippen LogP contribution < -0.4 is 10.6 Å². The van der Waals surface area contributed by atoms with E-state index in [-0.39, 0.29) is 5.92 Å². The lowest BCUT2D eigenvalue weighted by molar-refractivity contribution is -0.149. The van der Waals surface area contributed by atoms with Crippen molar-refractivity contribution < 1.29 is 9.90 Å². The smallest absolute Gasteiger partial charge is 0.324 e. The molecule has 1 aromatic heterocycles. The summed E-state index contributed by atoms with van der Waals surface area (Å²) in [6.07, 6.45) is 1.52. The molecule has 0 aliphatic carbocycles. The number of hydrogen-bond acceptors (Lipinski definition) is 4. The Kier molecular flexibility index (Phi) is 4.37. The predicted octanol–water partition coefficient (Wildman–Crippen LogP) is 1.68. The first-order chi connectivity index (χ1) is 8.69. The molecule has 0 radical (unpaired) electrons. The van der Waals surface area contributed by atoms with E-state index >= 15 is 0 Å². The van der Waals surface area contributed by atoms with Crippen molar-refractivity contribution >= 4 is 17.3 Å².